The van der Waals surface area contributed by atoms with E-state index in [0.29, 0.717) is 12.0 Å². The van der Waals surface area contributed by atoms with Crippen LogP contribution in [0.15, 0.2) is 11.6 Å². The van der Waals surface area contributed by atoms with E-state index in [1.165, 1.54) is 13.0 Å². The Morgan fingerprint density at radius 1 is 1.89 bits per heavy atom. The van der Waals surface area contributed by atoms with E-state index in [-0.39, 0.29) is 0 Å². The van der Waals surface area contributed by atoms with E-state index in [9.17, 15) is 4.79 Å². The van der Waals surface area contributed by atoms with Crippen LogP contribution in [0.5, 0.6) is 0 Å². The Bertz CT molecular complexity index is 172. The summed E-state index contributed by atoms with van der Waals surface area (Å²) in [6.07, 6.45) is 6.78. The number of terminal acetylenes is 1. The predicted molar refractivity (Wildman–Crippen MR) is 34.8 cm³/mol. The van der Waals surface area contributed by atoms with Gasteiger partial charge < -0.3 is 5.11 Å². The topological polar surface area (TPSA) is 37.3 Å². The van der Waals surface area contributed by atoms with E-state index < -0.39 is 5.97 Å². The van der Waals surface area contributed by atoms with Crippen molar-refractivity contribution >= 4 is 5.97 Å². The molecule has 0 heterocycles. The van der Waals surface area contributed by atoms with Gasteiger partial charge in [0.15, 0.2) is 0 Å². The molecule has 0 saturated heterocycles. The van der Waals surface area contributed by atoms with Crippen LogP contribution in [-0.2, 0) is 4.79 Å². The molecule has 0 bridgehead atoms. The molecular formula is C7H8O2. The van der Waals surface area contributed by atoms with Gasteiger partial charge in [0.25, 0.3) is 0 Å². The van der Waals surface area contributed by atoms with Crippen LogP contribution in [0.2, 0.25) is 0 Å². The first-order chi connectivity index (χ1) is 4.18. The number of carboxylic acids is 1. The Morgan fingerprint density at radius 3 is 2.78 bits per heavy atom. The van der Waals surface area contributed by atoms with E-state index in [2.05, 4.69) is 5.92 Å². The first kappa shape index (κ1) is 7.77. The third kappa shape index (κ3) is 3.36. The molecule has 0 rings (SSSR count). The van der Waals surface area contributed by atoms with E-state index in [0.717, 1.165) is 0 Å². The molecule has 48 valence electrons. The minimum atomic E-state index is -0.912. The second kappa shape index (κ2) is 3.73. The first-order valence-electron chi connectivity index (χ1n) is 2.52. The zero-order chi connectivity index (χ0) is 7.28. The molecule has 0 radical (unpaired) electrons. The number of carboxylic acid groups (broad SMARTS) is 1. The molecule has 2 nitrogen and oxygen atoms in total. The molecule has 0 spiro atoms. The second-order valence-electron chi connectivity index (χ2n) is 1.60. The molecule has 2 heteroatoms. The summed E-state index contributed by atoms with van der Waals surface area (Å²) in [5.74, 6) is 1.40. The molecule has 0 aromatic rings. The lowest BCUT2D eigenvalue weighted by atomic mass is 10.2. The molecule has 1 N–H and O–H groups in total. The van der Waals surface area contributed by atoms with Gasteiger partial charge >= 0.3 is 5.97 Å². The second-order valence-corrected chi connectivity index (χ2v) is 1.60. The fourth-order valence-electron chi connectivity index (χ4n) is 0.299. The van der Waals surface area contributed by atoms with Crippen molar-refractivity contribution in [3.05, 3.63) is 11.6 Å². The Balaban J connectivity index is 3.88. The Kier molecular flexibility index (Phi) is 3.22. The summed E-state index contributed by atoms with van der Waals surface area (Å²) in [6.45, 7) is 1.51. The minimum absolute atomic E-state index is 0.299. The standard InChI is InChI=1S/C7H8O2/c1-3-4-5-6(2)7(8)9/h1,5H,4H2,2H3,(H,8,9)/b6-5+. The zero-order valence-electron chi connectivity index (χ0n) is 5.22. The quantitative estimate of drug-likeness (QED) is 0.441. The fourth-order valence-corrected chi connectivity index (χ4v) is 0.299. The SMILES string of the molecule is C#CC/C=C(\C)C(=O)O. The summed E-state index contributed by atoms with van der Waals surface area (Å²) in [7, 11) is 0. The normalized spacial score (nSPS) is 10.4. The molecule has 0 aromatic heterocycles. The summed E-state index contributed by atoms with van der Waals surface area (Å²) < 4.78 is 0. The molecule has 0 amide bonds. The molecule has 0 aromatic carbocycles. The number of rotatable bonds is 2. The van der Waals surface area contributed by atoms with Gasteiger partial charge in [0, 0.05) is 12.0 Å². The highest BCUT2D eigenvalue weighted by atomic mass is 16.4. The van der Waals surface area contributed by atoms with Gasteiger partial charge in [0.2, 0.25) is 0 Å². The van der Waals surface area contributed by atoms with Crippen molar-refractivity contribution < 1.29 is 9.90 Å². The van der Waals surface area contributed by atoms with Gasteiger partial charge in [0.1, 0.15) is 0 Å². The minimum Gasteiger partial charge on any atom is -0.478 e. The smallest absolute Gasteiger partial charge is 0.330 e. The van der Waals surface area contributed by atoms with Crippen LogP contribution in [0.1, 0.15) is 13.3 Å². The van der Waals surface area contributed by atoms with E-state index in [4.69, 9.17) is 11.5 Å². The van der Waals surface area contributed by atoms with Crippen molar-refractivity contribution in [2.45, 2.75) is 13.3 Å². The Labute approximate surface area is 54.2 Å². The van der Waals surface area contributed by atoms with E-state index >= 15 is 0 Å². The number of aliphatic carboxylic acids is 1. The van der Waals surface area contributed by atoms with Gasteiger partial charge in [-0.25, -0.2) is 4.79 Å². The van der Waals surface area contributed by atoms with Crippen LogP contribution in [0, 0.1) is 12.3 Å². The van der Waals surface area contributed by atoms with Crippen molar-refractivity contribution in [3.8, 4) is 12.3 Å². The molecule has 0 saturated carbocycles. The van der Waals surface area contributed by atoms with Crippen LogP contribution in [0.4, 0.5) is 0 Å². The van der Waals surface area contributed by atoms with Crippen LogP contribution >= 0.6 is 0 Å². The third-order valence-electron chi connectivity index (χ3n) is 0.863. The number of hydrogen-bond acceptors (Lipinski definition) is 1. The molecular weight excluding hydrogens is 116 g/mol. The van der Waals surface area contributed by atoms with E-state index in [1.807, 2.05) is 0 Å². The maximum absolute atomic E-state index is 10.1. The van der Waals surface area contributed by atoms with Gasteiger partial charge in [-0.2, -0.15) is 0 Å². The van der Waals surface area contributed by atoms with Gasteiger partial charge in [-0.1, -0.05) is 6.08 Å². The Hall–Kier alpha value is -1.23. The lowest BCUT2D eigenvalue weighted by Crippen LogP contribution is -1.94. The first-order valence-corrected chi connectivity index (χ1v) is 2.52. The zero-order valence-corrected chi connectivity index (χ0v) is 5.22. The maximum Gasteiger partial charge on any atom is 0.330 e. The highest BCUT2D eigenvalue weighted by Gasteiger charge is 1.95. The van der Waals surface area contributed by atoms with Gasteiger partial charge in [-0.15, -0.1) is 12.3 Å². The number of carbonyl (C=O) groups is 1. The van der Waals surface area contributed by atoms with Crippen LogP contribution in [0.25, 0.3) is 0 Å². The molecule has 0 aliphatic rings. The van der Waals surface area contributed by atoms with Crippen molar-refractivity contribution in [3.63, 3.8) is 0 Å². The van der Waals surface area contributed by atoms with Gasteiger partial charge in [-0.3, -0.25) is 0 Å². The molecule has 0 aliphatic heterocycles. The van der Waals surface area contributed by atoms with Gasteiger partial charge in [-0.05, 0) is 6.92 Å². The van der Waals surface area contributed by atoms with Crippen LogP contribution in [0.3, 0.4) is 0 Å². The summed E-state index contributed by atoms with van der Waals surface area (Å²) >= 11 is 0. The van der Waals surface area contributed by atoms with Crippen LogP contribution < -0.4 is 0 Å². The van der Waals surface area contributed by atoms with Gasteiger partial charge in [0.05, 0.1) is 0 Å². The average Bonchev–Trinajstić information content (AvgIpc) is 1.82. The van der Waals surface area contributed by atoms with E-state index in [1.54, 1.807) is 0 Å². The number of hydrogen-bond donors (Lipinski definition) is 1. The molecule has 9 heavy (non-hydrogen) atoms. The van der Waals surface area contributed by atoms with Crippen molar-refractivity contribution in [1.82, 2.24) is 0 Å². The fraction of sp³-hybridized carbons (Fsp3) is 0.286. The third-order valence-corrected chi connectivity index (χ3v) is 0.863. The Morgan fingerprint density at radius 2 is 2.44 bits per heavy atom. The number of allylic oxidation sites excluding steroid dienone is 1. The molecule has 0 unspecified atom stereocenters. The lowest BCUT2D eigenvalue weighted by Gasteiger charge is -1.87. The monoisotopic (exact) mass is 124 g/mol. The summed E-state index contributed by atoms with van der Waals surface area (Å²) in [6, 6.07) is 0. The lowest BCUT2D eigenvalue weighted by molar-refractivity contribution is -0.132. The van der Waals surface area contributed by atoms with Crippen LogP contribution in [-0.4, -0.2) is 11.1 Å². The molecule has 0 aliphatic carbocycles. The summed E-state index contributed by atoms with van der Waals surface area (Å²) in [5.41, 5.74) is 0.299. The largest absolute Gasteiger partial charge is 0.478 e. The highest BCUT2D eigenvalue weighted by molar-refractivity contribution is 5.85. The van der Waals surface area contributed by atoms with Crippen molar-refractivity contribution in [1.29, 1.82) is 0 Å². The molecule has 0 fully saturated rings. The highest BCUT2D eigenvalue weighted by Crippen LogP contribution is 1.92. The van der Waals surface area contributed by atoms with Crippen molar-refractivity contribution in [2.75, 3.05) is 0 Å². The predicted octanol–water partition coefficient (Wildman–Crippen LogP) is 1.04. The maximum atomic E-state index is 10.1. The summed E-state index contributed by atoms with van der Waals surface area (Å²) in [4.78, 5) is 10.1. The summed E-state index contributed by atoms with van der Waals surface area (Å²) in [5, 5.41) is 8.27. The average molecular weight is 124 g/mol. The molecule has 0 atom stereocenters. The van der Waals surface area contributed by atoms with Crippen molar-refractivity contribution in [2.24, 2.45) is 0 Å².